The second kappa shape index (κ2) is 5.94. The SMILES string of the molecule is C1CCC(C2CN(C3CCSC3)CCN2)CC1. The minimum Gasteiger partial charge on any atom is -0.311 e. The first-order valence-electron chi connectivity index (χ1n) is 7.48. The highest BCUT2D eigenvalue weighted by Gasteiger charge is 2.31. The van der Waals surface area contributed by atoms with Crippen molar-refractivity contribution in [3.8, 4) is 0 Å². The van der Waals surface area contributed by atoms with Crippen molar-refractivity contribution in [3.63, 3.8) is 0 Å². The van der Waals surface area contributed by atoms with Crippen molar-refractivity contribution < 1.29 is 0 Å². The molecule has 1 saturated carbocycles. The molecule has 2 atom stereocenters. The number of nitrogens with zero attached hydrogens (tertiary/aromatic N) is 1. The van der Waals surface area contributed by atoms with E-state index in [9.17, 15) is 0 Å². The lowest BCUT2D eigenvalue weighted by Gasteiger charge is -2.41. The number of rotatable bonds is 2. The summed E-state index contributed by atoms with van der Waals surface area (Å²) in [5.74, 6) is 3.75. The Morgan fingerprint density at radius 3 is 2.71 bits per heavy atom. The Kier molecular flexibility index (Phi) is 4.30. The van der Waals surface area contributed by atoms with Crippen molar-refractivity contribution in [2.75, 3.05) is 31.1 Å². The third-order valence-corrected chi connectivity index (χ3v) is 6.02. The summed E-state index contributed by atoms with van der Waals surface area (Å²) in [5, 5.41) is 3.79. The van der Waals surface area contributed by atoms with Crippen LogP contribution in [-0.4, -0.2) is 48.1 Å². The monoisotopic (exact) mass is 254 g/mol. The minimum absolute atomic E-state index is 0.801. The molecule has 2 unspecified atom stereocenters. The van der Waals surface area contributed by atoms with E-state index in [1.165, 1.54) is 69.7 Å². The Morgan fingerprint density at radius 1 is 1.06 bits per heavy atom. The Balaban J connectivity index is 1.54. The molecule has 0 radical (unpaired) electrons. The van der Waals surface area contributed by atoms with E-state index >= 15 is 0 Å². The van der Waals surface area contributed by atoms with Crippen LogP contribution in [0.5, 0.6) is 0 Å². The fourth-order valence-electron chi connectivity index (χ4n) is 3.80. The van der Waals surface area contributed by atoms with Gasteiger partial charge < -0.3 is 5.32 Å². The second-order valence-corrected chi connectivity index (χ2v) is 7.12. The van der Waals surface area contributed by atoms with E-state index in [1.54, 1.807) is 0 Å². The van der Waals surface area contributed by atoms with Gasteiger partial charge in [-0.3, -0.25) is 4.90 Å². The van der Waals surface area contributed by atoms with Crippen molar-refractivity contribution in [1.82, 2.24) is 10.2 Å². The van der Waals surface area contributed by atoms with E-state index in [0.717, 1.165) is 18.0 Å². The summed E-state index contributed by atoms with van der Waals surface area (Å²) in [4.78, 5) is 2.79. The van der Waals surface area contributed by atoms with Crippen molar-refractivity contribution in [1.29, 1.82) is 0 Å². The molecule has 17 heavy (non-hydrogen) atoms. The van der Waals surface area contributed by atoms with E-state index < -0.39 is 0 Å². The first kappa shape index (κ1) is 12.3. The lowest BCUT2D eigenvalue weighted by atomic mass is 9.83. The van der Waals surface area contributed by atoms with Gasteiger partial charge in [-0.05, 0) is 30.9 Å². The smallest absolute Gasteiger partial charge is 0.0223 e. The van der Waals surface area contributed by atoms with Crippen LogP contribution in [0, 0.1) is 5.92 Å². The molecule has 0 spiro atoms. The third kappa shape index (κ3) is 2.99. The maximum absolute atomic E-state index is 3.79. The molecule has 0 aromatic heterocycles. The topological polar surface area (TPSA) is 15.3 Å². The molecule has 0 aromatic carbocycles. The summed E-state index contributed by atoms with van der Waals surface area (Å²) >= 11 is 2.15. The van der Waals surface area contributed by atoms with Gasteiger partial charge in [0, 0.05) is 37.5 Å². The molecule has 2 aliphatic heterocycles. The molecular formula is C14H26N2S. The number of thioether (sulfide) groups is 1. The van der Waals surface area contributed by atoms with Gasteiger partial charge in [-0.25, -0.2) is 0 Å². The van der Waals surface area contributed by atoms with Gasteiger partial charge in [0.1, 0.15) is 0 Å². The molecule has 3 heteroatoms. The molecule has 0 amide bonds. The van der Waals surface area contributed by atoms with E-state index in [4.69, 9.17) is 0 Å². The second-order valence-electron chi connectivity index (χ2n) is 5.97. The maximum atomic E-state index is 3.79. The highest BCUT2D eigenvalue weighted by Crippen LogP contribution is 2.29. The van der Waals surface area contributed by atoms with Crippen LogP contribution in [0.1, 0.15) is 38.5 Å². The molecule has 2 heterocycles. The Bertz CT molecular complexity index is 234. The molecule has 98 valence electrons. The number of piperazine rings is 1. The van der Waals surface area contributed by atoms with Crippen LogP contribution in [0.25, 0.3) is 0 Å². The third-order valence-electron chi connectivity index (χ3n) is 4.88. The zero-order chi connectivity index (χ0) is 11.5. The van der Waals surface area contributed by atoms with Crippen molar-refractivity contribution >= 4 is 11.8 Å². The summed E-state index contributed by atoms with van der Waals surface area (Å²) < 4.78 is 0. The lowest BCUT2D eigenvalue weighted by Crippen LogP contribution is -2.56. The van der Waals surface area contributed by atoms with E-state index in [2.05, 4.69) is 22.0 Å². The summed E-state index contributed by atoms with van der Waals surface area (Å²) in [5.41, 5.74) is 0. The first-order chi connectivity index (χ1) is 8.43. The standard InChI is InChI=1S/C14H26N2S/c1-2-4-12(5-3-1)14-10-16(8-7-15-14)13-6-9-17-11-13/h12-15H,1-11H2. The van der Waals surface area contributed by atoms with Gasteiger partial charge >= 0.3 is 0 Å². The Hall–Kier alpha value is 0.270. The lowest BCUT2D eigenvalue weighted by molar-refractivity contribution is 0.117. The molecule has 2 nitrogen and oxygen atoms in total. The Labute approximate surface area is 110 Å². The number of hydrogen-bond acceptors (Lipinski definition) is 3. The van der Waals surface area contributed by atoms with Crippen molar-refractivity contribution in [3.05, 3.63) is 0 Å². The van der Waals surface area contributed by atoms with Crippen LogP contribution in [0.2, 0.25) is 0 Å². The van der Waals surface area contributed by atoms with Gasteiger partial charge in [0.25, 0.3) is 0 Å². The Morgan fingerprint density at radius 2 is 1.94 bits per heavy atom. The van der Waals surface area contributed by atoms with Crippen LogP contribution in [0.15, 0.2) is 0 Å². The largest absolute Gasteiger partial charge is 0.311 e. The quantitative estimate of drug-likeness (QED) is 0.814. The van der Waals surface area contributed by atoms with Gasteiger partial charge in [-0.1, -0.05) is 19.3 Å². The van der Waals surface area contributed by atoms with E-state index in [1.807, 2.05) is 0 Å². The molecule has 1 aliphatic carbocycles. The van der Waals surface area contributed by atoms with E-state index in [-0.39, 0.29) is 0 Å². The van der Waals surface area contributed by atoms with Crippen LogP contribution >= 0.6 is 11.8 Å². The molecule has 0 bridgehead atoms. The fraction of sp³-hybridized carbons (Fsp3) is 1.00. The van der Waals surface area contributed by atoms with Gasteiger partial charge in [-0.2, -0.15) is 11.8 Å². The van der Waals surface area contributed by atoms with Gasteiger partial charge in [-0.15, -0.1) is 0 Å². The molecule has 3 aliphatic rings. The number of hydrogen-bond donors (Lipinski definition) is 1. The normalized spacial score (nSPS) is 37.4. The van der Waals surface area contributed by atoms with Crippen molar-refractivity contribution in [2.45, 2.75) is 50.6 Å². The van der Waals surface area contributed by atoms with Crippen LogP contribution in [0.3, 0.4) is 0 Å². The zero-order valence-electron chi connectivity index (χ0n) is 10.9. The highest BCUT2D eigenvalue weighted by molar-refractivity contribution is 7.99. The maximum Gasteiger partial charge on any atom is 0.0223 e. The molecule has 2 saturated heterocycles. The molecule has 3 fully saturated rings. The molecule has 1 N–H and O–H groups in total. The van der Waals surface area contributed by atoms with Gasteiger partial charge in [0.2, 0.25) is 0 Å². The predicted molar refractivity (Wildman–Crippen MR) is 75.7 cm³/mol. The minimum atomic E-state index is 0.801. The predicted octanol–water partition coefficient (Wildman–Crippen LogP) is 2.35. The van der Waals surface area contributed by atoms with Crippen LogP contribution < -0.4 is 5.32 Å². The zero-order valence-corrected chi connectivity index (χ0v) is 11.7. The molecular weight excluding hydrogens is 228 g/mol. The van der Waals surface area contributed by atoms with Gasteiger partial charge in [0.05, 0.1) is 0 Å². The van der Waals surface area contributed by atoms with Gasteiger partial charge in [0.15, 0.2) is 0 Å². The molecule has 3 rings (SSSR count). The summed E-state index contributed by atoms with van der Waals surface area (Å²) in [6, 6.07) is 1.70. The summed E-state index contributed by atoms with van der Waals surface area (Å²) in [6.07, 6.45) is 8.81. The van der Waals surface area contributed by atoms with Crippen LogP contribution in [-0.2, 0) is 0 Å². The first-order valence-corrected chi connectivity index (χ1v) is 8.64. The average Bonchev–Trinajstić information content (AvgIpc) is 2.94. The van der Waals surface area contributed by atoms with Crippen molar-refractivity contribution in [2.24, 2.45) is 5.92 Å². The average molecular weight is 254 g/mol. The summed E-state index contributed by atoms with van der Waals surface area (Å²) in [6.45, 7) is 3.84. The fourth-order valence-corrected chi connectivity index (χ4v) is 5.05. The molecule has 0 aromatic rings. The van der Waals surface area contributed by atoms with E-state index in [0.29, 0.717) is 0 Å². The number of nitrogens with one attached hydrogen (secondary N) is 1. The summed E-state index contributed by atoms with van der Waals surface area (Å²) in [7, 11) is 0. The highest BCUT2D eigenvalue weighted by atomic mass is 32.2. The van der Waals surface area contributed by atoms with Crippen LogP contribution in [0.4, 0.5) is 0 Å².